The van der Waals surface area contributed by atoms with Gasteiger partial charge in [0.25, 0.3) is 0 Å². The Bertz CT molecular complexity index is 312. The van der Waals surface area contributed by atoms with Gasteiger partial charge in [0.05, 0.1) is 19.4 Å². The van der Waals surface area contributed by atoms with Gasteiger partial charge in [0, 0.05) is 12.1 Å². The van der Waals surface area contributed by atoms with Crippen LogP contribution in [0.4, 0.5) is 0 Å². The number of aliphatic hydroxyl groups excluding tert-OH is 1. The first-order valence-corrected chi connectivity index (χ1v) is 7.49. The third-order valence-electron chi connectivity index (χ3n) is 2.60. The lowest BCUT2D eigenvalue weighted by molar-refractivity contribution is -0.152. The summed E-state index contributed by atoms with van der Waals surface area (Å²) in [6, 6.07) is 0. The zero-order valence-corrected chi connectivity index (χ0v) is 13.6. The van der Waals surface area contributed by atoms with Crippen molar-refractivity contribution >= 4 is 11.9 Å². The molecule has 0 saturated heterocycles. The fourth-order valence-electron chi connectivity index (χ4n) is 1.35. The van der Waals surface area contributed by atoms with E-state index in [4.69, 9.17) is 9.47 Å². The number of carbonyl (C=O) groups excluding carboxylic acids is 2. The molecule has 0 aliphatic heterocycles. The third kappa shape index (κ3) is 13.6. The summed E-state index contributed by atoms with van der Waals surface area (Å²) in [5.74, 6) is -0.896. The maximum atomic E-state index is 11.4. The molecule has 1 atom stereocenters. The third-order valence-corrected chi connectivity index (χ3v) is 2.60. The van der Waals surface area contributed by atoms with Crippen molar-refractivity contribution in [2.75, 3.05) is 19.8 Å². The van der Waals surface area contributed by atoms with Crippen LogP contribution >= 0.6 is 0 Å². The fraction of sp³-hybridized carbons (Fsp3) is 0.867. The molecular formula is C15H29NO5. The average Bonchev–Trinajstić information content (AvgIpc) is 2.40. The van der Waals surface area contributed by atoms with Crippen molar-refractivity contribution in [1.29, 1.82) is 0 Å². The number of aliphatic hydroxyl groups is 1. The summed E-state index contributed by atoms with van der Waals surface area (Å²) < 4.78 is 9.84. The number of esters is 2. The standard InChI is InChI=1S/C15H29NO5/c1-5-6-9-20-13(18)7-8-14(19)21-11-12(17)10-16-15(2,3)4/h12,16-17H,5-11H2,1-4H3. The molecule has 6 heteroatoms. The molecular weight excluding hydrogens is 274 g/mol. The lowest BCUT2D eigenvalue weighted by atomic mass is 10.1. The molecule has 6 nitrogen and oxygen atoms in total. The molecule has 124 valence electrons. The van der Waals surface area contributed by atoms with Crippen LogP contribution in [-0.2, 0) is 19.1 Å². The van der Waals surface area contributed by atoms with Crippen LogP contribution in [0.1, 0.15) is 53.4 Å². The van der Waals surface area contributed by atoms with Crippen LogP contribution in [0.2, 0.25) is 0 Å². The van der Waals surface area contributed by atoms with Gasteiger partial charge in [-0.05, 0) is 27.2 Å². The summed E-state index contributed by atoms with van der Waals surface area (Å²) >= 11 is 0. The number of carbonyl (C=O) groups is 2. The van der Waals surface area contributed by atoms with Crippen LogP contribution in [0.5, 0.6) is 0 Å². The van der Waals surface area contributed by atoms with E-state index < -0.39 is 18.0 Å². The topological polar surface area (TPSA) is 84.9 Å². The van der Waals surface area contributed by atoms with E-state index in [0.29, 0.717) is 13.2 Å². The lowest BCUT2D eigenvalue weighted by Crippen LogP contribution is -2.42. The monoisotopic (exact) mass is 303 g/mol. The largest absolute Gasteiger partial charge is 0.466 e. The van der Waals surface area contributed by atoms with E-state index in [2.05, 4.69) is 5.32 Å². The maximum absolute atomic E-state index is 11.4. The van der Waals surface area contributed by atoms with Crippen molar-refractivity contribution in [2.45, 2.75) is 65.0 Å². The molecule has 0 bridgehead atoms. The second-order valence-electron chi connectivity index (χ2n) is 6.04. The summed E-state index contributed by atoms with van der Waals surface area (Å²) in [6.07, 6.45) is 1.01. The molecule has 0 aromatic heterocycles. The number of nitrogens with one attached hydrogen (secondary N) is 1. The SMILES string of the molecule is CCCCOC(=O)CCC(=O)OCC(O)CNC(C)(C)C. The van der Waals surface area contributed by atoms with Gasteiger partial charge < -0.3 is 19.9 Å². The molecule has 0 radical (unpaired) electrons. The van der Waals surface area contributed by atoms with Crippen molar-refractivity contribution < 1.29 is 24.2 Å². The quantitative estimate of drug-likeness (QED) is 0.469. The van der Waals surface area contributed by atoms with E-state index in [9.17, 15) is 14.7 Å². The zero-order chi connectivity index (χ0) is 16.3. The first-order valence-electron chi connectivity index (χ1n) is 7.49. The molecule has 0 heterocycles. The van der Waals surface area contributed by atoms with E-state index in [1.807, 2.05) is 27.7 Å². The highest BCUT2D eigenvalue weighted by atomic mass is 16.5. The Balaban J connectivity index is 3.68. The minimum Gasteiger partial charge on any atom is -0.466 e. The lowest BCUT2D eigenvalue weighted by Gasteiger charge is -2.22. The first kappa shape index (κ1) is 19.9. The summed E-state index contributed by atoms with van der Waals surface area (Å²) in [6.45, 7) is 8.61. The molecule has 0 saturated carbocycles. The van der Waals surface area contributed by atoms with Crippen molar-refractivity contribution in [3.63, 3.8) is 0 Å². The molecule has 0 aromatic rings. The highest BCUT2D eigenvalue weighted by molar-refractivity contribution is 5.77. The van der Waals surface area contributed by atoms with Crippen molar-refractivity contribution in [1.82, 2.24) is 5.32 Å². The smallest absolute Gasteiger partial charge is 0.306 e. The highest BCUT2D eigenvalue weighted by Crippen LogP contribution is 2.00. The number of β-amino-alcohol motifs (C(OH)–C–C–N with tert-alkyl or cyclic N) is 1. The predicted molar refractivity (Wildman–Crippen MR) is 79.8 cm³/mol. The molecule has 0 amide bonds. The molecule has 2 N–H and O–H groups in total. The molecule has 21 heavy (non-hydrogen) atoms. The van der Waals surface area contributed by atoms with Gasteiger partial charge >= 0.3 is 11.9 Å². The molecule has 0 rings (SSSR count). The second kappa shape index (κ2) is 10.6. The van der Waals surface area contributed by atoms with Crippen LogP contribution < -0.4 is 5.32 Å². The Morgan fingerprint density at radius 2 is 1.71 bits per heavy atom. The second-order valence-corrected chi connectivity index (χ2v) is 6.04. The summed E-state index contributed by atoms with van der Waals surface area (Å²) in [7, 11) is 0. The molecule has 0 aliphatic rings. The van der Waals surface area contributed by atoms with Crippen LogP contribution in [0.25, 0.3) is 0 Å². The van der Waals surface area contributed by atoms with E-state index in [-0.39, 0.29) is 25.0 Å². The first-order chi connectivity index (χ1) is 9.74. The Morgan fingerprint density at radius 1 is 1.14 bits per heavy atom. The van der Waals surface area contributed by atoms with Crippen LogP contribution in [0.3, 0.4) is 0 Å². The van der Waals surface area contributed by atoms with Gasteiger partial charge in [-0.15, -0.1) is 0 Å². The van der Waals surface area contributed by atoms with Crippen molar-refractivity contribution in [3.8, 4) is 0 Å². The van der Waals surface area contributed by atoms with E-state index in [1.165, 1.54) is 0 Å². The van der Waals surface area contributed by atoms with E-state index in [0.717, 1.165) is 12.8 Å². The van der Waals surface area contributed by atoms with Gasteiger partial charge in [-0.3, -0.25) is 9.59 Å². The van der Waals surface area contributed by atoms with E-state index >= 15 is 0 Å². The molecule has 1 unspecified atom stereocenters. The van der Waals surface area contributed by atoms with Crippen LogP contribution in [-0.4, -0.2) is 48.4 Å². The van der Waals surface area contributed by atoms with Gasteiger partial charge in [-0.2, -0.15) is 0 Å². The predicted octanol–water partition coefficient (Wildman–Crippen LogP) is 1.40. The Labute approximate surface area is 127 Å². The van der Waals surface area contributed by atoms with Gasteiger partial charge in [0.15, 0.2) is 0 Å². The van der Waals surface area contributed by atoms with Crippen LogP contribution in [0.15, 0.2) is 0 Å². The Hall–Kier alpha value is -1.14. The normalized spacial score (nSPS) is 12.8. The van der Waals surface area contributed by atoms with E-state index in [1.54, 1.807) is 0 Å². The van der Waals surface area contributed by atoms with Gasteiger partial charge in [0.1, 0.15) is 12.7 Å². The van der Waals surface area contributed by atoms with Gasteiger partial charge in [-0.25, -0.2) is 0 Å². The molecule has 0 aliphatic carbocycles. The number of hydrogen-bond donors (Lipinski definition) is 2. The maximum Gasteiger partial charge on any atom is 0.306 e. The zero-order valence-electron chi connectivity index (χ0n) is 13.6. The summed E-state index contributed by atoms with van der Waals surface area (Å²) in [5, 5.41) is 12.8. The summed E-state index contributed by atoms with van der Waals surface area (Å²) in [5.41, 5.74) is -0.104. The minimum absolute atomic E-state index is 0.0128. The Kier molecular flexibility index (Phi) is 9.99. The van der Waals surface area contributed by atoms with Gasteiger partial charge in [-0.1, -0.05) is 13.3 Å². The number of ether oxygens (including phenoxy) is 2. The molecule has 0 spiro atoms. The number of rotatable bonds is 10. The number of hydrogen-bond acceptors (Lipinski definition) is 6. The van der Waals surface area contributed by atoms with Gasteiger partial charge in [0.2, 0.25) is 0 Å². The van der Waals surface area contributed by atoms with Crippen molar-refractivity contribution in [2.24, 2.45) is 0 Å². The average molecular weight is 303 g/mol. The molecule has 0 fully saturated rings. The Morgan fingerprint density at radius 3 is 2.24 bits per heavy atom. The molecule has 0 aromatic carbocycles. The highest BCUT2D eigenvalue weighted by Gasteiger charge is 2.14. The summed E-state index contributed by atoms with van der Waals surface area (Å²) in [4.78, 5) is 22.7. The fourth-order valence-corrected chi connectivity index (χ4v) is 1.35. The number of unbranched alkanes of at least 4 members (excludes halogenated alkanes) is 1. The van der Waals surface area contributed by atoms with Crippen LogP contribution in [0, 0.1) is 0 Å². The van der Waals surface area contributed by atoms with Crippen molar-refractivity contribution in [3.05, 3.63) is 0 Å². The minimum atomic E-state index is -0.760.